The molecule has 104 valence electrons. The molecule has 0 heterocycles. The van der Waals surface area contributed by atoms with Crippen LogP contribution in [0.2, 0.25) is 0 Å². The van der Waals surface area contributed by atoms with Gasteiger partial charge in [0, 0.05) is 6.61 Å². The minimum atomic E-state index is -0.591. The Labute approximate surface area is 106 Å². The van der Waals surface area contributed by atoms with Crippen molar-refractivity contribution in [2.75, 3.05) is 13.2 Å². The van der Waals surface area contributed by atoms with Crippen molar-refractivity contribution in [1.82, 2.24) is 0 Å². The molecule has 1 unspecified atom stereocenters. The van der Waals surface area contributed by atoms with E-state index in [1.54, 1.807) is 0 Å². The summed E-state index contributed by atoms with van der Waals surface area (Å²) in [6.07, 6.45) is 4.85. The van der Waals surface area contributed by atoms with Crippen molar-refractivity contribution in [1.29, 1.82) is 0 Å². The molecule has 17 heavy (non-hydrogen) atoms. The third kappa shape index (κ3) is 6.39. The Bertz CT molecular complexity index is 182. The second kappa shape index (κ2) is 8.06. The molecule has 0 aliphatic carbocycles. The number of ether oxygens (including phenoxy) is 1. The summed E-state index contributed by atoms with van der Waals surface area (Å²) in [7, 11) is 0. The normalized spacial score (nSPS) is 15.9. The third-order valence-electron chi connectivity index (χ3n) is 3.75. The molecule has 0 aromatic rings. The van der Waals surface area contributed by atoms with Crippen molar-refractivity contribution >= 4 is 0 Å². The Kier molecular flexibility index (Phi) is 8.01. The fourth-order valence-electron chi connectivity index (χ4n) is 2.13. The first-order valence-corrected chi connectivity index (χ1v) is 6.92. The molecule has 0 radical (unpaired) electrons. The van der Waals surface area contributed by atoms with E-state index in [2.05, 4.69) is 6.92 Å². The Hall–Kier alpha value is -0.120. The van der Waals surface area contributed by atoms with Crippen LogP contribution in [0.3, 0.4) is 0 Å². The van der Waals surface area contributed by atoms with Crippen LogP contribution in [-0.4, -0.2) is 34.6 Å². The standard InChI is InChI=1S/C14H30O3/c1-5-8-13(4,9-11-15)17-12-10-14(16,6-2)7-3/h15-16H,5-12H2,1-4H3. The van der Waals surface area contributed by atoms with E-state index in [0.29, 0.717) is 19.4 Å². The van der Waals surface area contributed by atoms with E-state index in [4.69, 9.17) is 9.84 Å². The lowest BCUT2D eigenvalue weighted by atomic mass is 9.93. The molecule has 0 fully saturated rings. The molecule has 0 amide bonds. The van der Waals surface area contributed by atoms with Crippen LogP contribution in [0.15, 0.2) is 0 Å². The van der Waals surface area contributed by atoms with Crippen molar-refractivity contribution in [2.45, 2.75) is 77.4 Å². The highest BCUT2D eigenvalue weighted by atomic mass is 16.5. The average Bonchev–Trinajstić information content (AvgIpc) is 2.29. The number of aliphatic hydroxyl groups excluding tert-OH is 1. The van der Waals surface area contributed by atoms with E-state index in [1.165, 1.54) is 0 Å². The van der Waals surface area contributed by atoms with E-state index in [0.717, 1.165) is 25.7 Å². The summed E-state index contributed by atoms with van der Waals surface area (Å²) in [4.78, 5) is 0. The van der Waals surface area contributed by atoms with E-state index in [-0.39, 0.29) is 12.2 Å². The fraction of sp³-hybridized carbons (Fsp3) is 1.00. The van der Waals surface area contributed by atoms with Gasteiger partial charge in [0.1, 0.15) is 0 Å². The van der Waals surface area contributed by atoms with E-state index < -0.39 is 5.60 Å². The molecule has 2 N–H and O–H groups in total. The number of hydrogen-bond acceptors (Lipinski definition) is 3. The lowest BCUT2D eigenvalue weighted by Gasteiger charge is -2.32. The zero-order chi connectivity index (χ0) is 13.4. The highest BCUT2D eigenvalue weighted by Crippen LogP contribution is 2.25. The van der Waals surface area contributed by atoms with Gasteiger partial charge in [0.25, 0.3) is 0 Å². The second-order valence-corrected chi connectivity index (χ2v) is 5.20. The van der Waals surface area contributed by atoms with Crippen molar-refractivity contribution in [3.8, 4) is 0 Å². The summed E-state index contributed by atoms with van der Waals surface area (Å²) in [5, 5.41) is 19.2. The minimum Gasteiger partial charge on any atom is -0.396 e. The zero-order valence-corrected chi connectivity index (χ0v) is 12.0. The SMILES string of the molecule is CCCC(C)(CCO)OCCC(O)(CC)CC. The van der Waals surface area contributed by atoms with Crippen LogP contribution in [0.5, 0.6) is 0 Å². The molecule has 0 saturated heterocycles. The smallest absolute Gasteiger partial charge is 0.0676 e. The van der Waals surface area contributed by atoms with Crippen molar-refractivity contribution in [3.05, 3.63) is 0 Å². The van der Waals surface area contributed by atoms with Gasteiger partial charge in [-0.2, -0.15) is 0 Å². The van der Waals surface area contributed by atoms with Gasteiger partial charge >= 0.3 is 0 Å². The molecule has 0 rings (SSSR count). The molecule has 0 bridgehead atoms. The lowest BCUT2D eigenvalue weighted by molar-refractivity contribution is -0.0797. The van der Waals surface area contributed by atoms with Crippen LogP contribution in [0, 0.1) is 0 Å². The van der Waals surface area contributed by atoms with Gasteiger partial charge in [0.2, 0.25) is 0 Å². The van der Waals surface area contributed by atoms with E-state index in [9.17, 15) is 5.11 Å². The highest BCUT2D eigenvalue weighted by molar-refractivity contribution is 4.78. The minimum absolute atomic E-state index is 0.155. The van der Waals surface area contributed by atoms with Gasteiger partial charge < -0.3 is 14.9 Å². The highest BCUT2D eigenvalue weighted by Gasteiger charge is 2.26. The Morgan fingerprint density at radius 1 is 1.00 bits per heavy atom. The summed E-state index contributed by atoms with van der Waals surface area (Å²) in [5.41, 5.74) is -0.835. The van der Waals surface area contributed by atoms with Crippen LogP contribution in [0.25, 0.3) is 0 Å². The molecular weight excluding hydrogens is 216 g/mol. The zero-order valence-electron chi connectivity index (χ0n) is 12.0. The molecule has 0 aliphatic rings. The van der Waals surface area contributed by atoms with Gasteiger partial charge in [-0.1, -0.05) is 27.2 Å². The molecule has 0 saturated carbocycles. The lowest BCUT2D eigenvalue weighted by Crippen LogP contribution is -2.34. The first-order valence-electron chi connectivity index (χ1n) is 6.92. The molecular formula is C14H30O3. The van der Waals surface area contributed by atoms with Gasteiger partial charge in [0.05, 0.1) is 17.8 Å². The van der Waals surface area contributed by atoms with Crippen LogP contribution in [-0.2, 0) is 4.74 Å². The summed E-state index contributed by atoms with van der Waals surface area (Å²) < 4.78 is 5.89. The first kappa shape index (κ1) is 16.9. The Balaban J connectivity index is 4.13. The molecule has 3 heteroatoms. The predicted octanol–water partition coefficient (Wildman–Crippen LogP) is 2.89. The van der Waals surface area contributed by atoms with Crippen LogP contribution >= 0.6 is 0 Å². The molecule has 0 aromatic heterocycles. The summed E-state index contributed by atoms with van der Waals surface area (Å²) in [6.45, 7) is 8.89. The number of rotatable bonds is 10. The topological polar surface area (TPSA) is 49.7 Å². The van der Waals surface area contributed by atoms with Crippen LogP contribution < -0.4 is 0 Å². The maximum absolute atomic E-state index is 10.2. The number of aliphatic hydroxyl groups is 2. The Morgan fingerprint density at radius 2 is 1.59 bits per heavy atom. The maximum Gasteiger partial charge on any atom is 0.0676 e. The maximum atomic E-state index is 10.2. The van der Waals surface area contributed by atoms with Crippen molar-refractivity contribution < 1.29 is 14.9 Å². The average molecular weight is 246 g/mol. The third-order valence-corrected chi connectivity index (χ3v) is 3.75. The first-order chi connectivity index (χ1) is 7.95. The van der Waals surface area contributed by atoms with Crippen LogP contribution in [0.1, 0.15) is 66.2 Å². The number of hydrogen-bond donors (Lipinski definition) is 2. The molecule has 0 aromatic carbocycles. The largest absolute Gasteiger partial charge is 0.396 e. The molecule has 3 nitrogen and oxygen atoms in total. The summed E-state index contributed by atoms with van der Waals surface area (Å²) in [5.74, 6) is 0. The van der Waals surface area contributed by atoms with Gasteiger partial charge in [-0.15, -0.1) is 0 Å². The monoisotopic (exact) mass is 246 g/mol. The quantitative estimate of drug-likeness (QED) is 0.623. The van der Waals surface area contributed by atoms with Crippen molar-refractivity contribution in [3.63, 3.8) is 0 Å². The van der Waals surface area contributed by atoms with Crippen molar-refractivity contribution in [2.24, 2.45) is 0 Å². The fourth-order valence-corrected chi connectivity index (χ4v) is 2.13. The predicted molar refractivity (Wildman–Crippen MR) is 71.1 cm³/mol. The van der Waals surface area contributed by atoms with E-state index in [1.807, 2.05) is 20.8 Å². The van der Waals surface area contributed by atoms with Gasteiger partial charge in [-0.25, -0.2) is 0 Å². The second-order valence-electron chi connectivity index (χ2n) is 5.20. The van der Waals surface area contributed by atoms with E-state index >= 15 is 0 Å². The summed E-state index contributed by atoms with van der Waals surface area (Å²) >= 11 is 0. The van der Waals surface area contributed by atoms with Gasteiger partial charge in [-0.05, 0) is 39.0 Å². The molecule has 0 spiro atoms. The Morgan fingerprint density at radius 3 is 2.00 bits per heavy atom. The van der Waals surface area contributed by atoms with Gasteiger partial charge in [0.15, 0.2) is 0 Å². The molecule has 0 aliphatic heterocycles. The molecule has 1 atom stereocenters. The van der Waals surface area contributed by atoms with Gasteiger partial charge in [-0.3, -0.25) is 0 Å². The summed E-state index contributed by atoms with van der Waals surface area (Å²) in [6, 6.07) is 0. The van der Waals surface area contributed by atoms with Crippen LogP contribution in [0.4, 0.5) is 0 Å².